The Morgan fingerprint density at radius 3 is 3.00 bits per heavy atom. The van der Waals surface area contributed by atoms with E-state index in [1.165, 1.54) is 0 Å². The van der Waals surface area contributed by atoms with Gasteiger partial charge in [-0.3, -0.25) is 0 Å². The summed E-state index contributed by atoms with van der Waals surface area (Å²) in [6.45, 7) is 0.340. The van der Waals surface area contributed by atoms with Crippen molar-refractivity contribution in [1.29, 1.82) is 0 Å². The third kappa shape index (κ3) is 2.53. The van der Waals surface area contributed by atoms with Gasteiger partial charge in [0.05, 0.1) is 6.54 Å². The average Bonchev–Trinajstić information content (AvgIpc) is 3.01. The van der Waals surface area contributed by atoms with Gasteiger partial charge in [-0.1, -0.05) is 35.0 Å². The topological polar surface area (TPSA) is 77.3 Å². The van der Waals surface area contributed by atoms with Crippen LogP contribution in [0.5, 0.6) is 0 Å². The zero-order valence-corrected chi connectivity index (χ0v) is 10.6. The van der Waals surface area contributed by atoms with Gasteiger partial charge in [-0.05, 0) is 11.6 Å². The molecule has 2 heterocycles. The van der Waals surface area contributed by atoms with E-state index in [2.05, 4.69) is 15.5 Å². The number of hydrogen-bond donors (Lipinski definition) is 1. The molecule has 1 aromatic heterocycles. The fourth-order valence-corrected chi connectivity index (χ4v) is 2.01. The van der Waals surface area contributed by atoms with Crippen LogP contribution in [0.3, 0.4) is 0 Å². The zero-order valence-electron chi connectivity index (χ0n) is 9.80. The van der Waals surface area contributed by atoms with Crippen molar-refractivity contribution < 1.29 is 14.1 Å². The smallest absolute Gasteiger partial charge is 0.408 e. The SMILES string of the molecule is O=C1NC[C@@H](c2nc(Cc3ccccc3Cl)no2)O1. The monoisotopic (exact) mass is 279 g/mol. The molecule has 1 aromatic carbocycles. The number of ether oxygens (including phenoxy) is 1. The minimum Gasteiger partial charge on any atom is -0.434 e. The summed E-state index contributed by atoms with van der Waals surface area (Å²) in [7, 11) is 0. The summed E-state index contributed by atoms with van der Waals surface area (Å²) < 4.78 is 10.0. The van der Waals surface area contributed by atoms with Crippen LogP contribution in [0.1, 0.15) is 23.4 Å². The van der Waals surface area contributed by atoms with Crippen molar-refractivity contribution in [3.8, 4) is 0 Å². The maximum Gasteiger partial charge on any atom is 0.408 e. The third-order valence-corrected chi connectivity index (χ3v) is 3.12. The molecule has 1 saturated heterocycles. The van der Waals surface area contributed by atoms with Crippen LogP contribution in [-0.4, -0.2) is 22.8 Å². The molecule has 1 atom stereocenters. The number of aromatic nitrogens is 2. The molecule has 1 aliphatic rings. The third-order valence-electron chi connectivity index (χ3n) is 2.75. The van der Waals surface area contributed by atoms with Gasteiger partial charge in [0.2, 0.25) is 0 Å². The van der Waals surface area contributed by atoms with Crippen LogP contribution in [0.25, 0.3) is 0 Å². The van der Waals surface area contributed by atoms with E-state index >= 15 is 0 Å². The molecule has 19 heavy (non-hydrogen) atoms. The van der Waals surface area contributed by atoms with E-state index in [1.54, 1.807) is 6.07 Å². The molecule has 0 bridgehead atoms. The summed E-state index contributed by atoms with van der Waals surface area (Å²) in [5.74, 6) is 0.798. The quantitative estimate of drug-likeness (QED) is 0.931. The van der Waals surface area contributed by atoms with Gasteiger partial charge in [0.1, 0.15) is 0 Å². The zero-order chi connectivity index (χ0) is 13.2. The lowest BCUT2D eigenvalue weighted by Crippen LogP contribution is -2.12. The molecule has 98 valence electrons. The summed E-state index contributed by atoms with van der Waals surface area (Å²) in [5, 5.41) is 7.04. The lowest BCUT2D eigenvalue weighted by molar-refractivity contribution is 0.120. The Kier molecular flexibility index (Phi) is 3.08. The van der Waals surface area contributed by atoms with Gasteiger partial charge in [-0.15, -0.1) is 0 Å². The Bertz CT molecular complexity index is 614. The van der Waals surface area contributed by atoms with Crippen LogP contribution >= 0.6 is 11.6 Å². The average molecular weight is 280 g/mol. The molecule has 7 heteroatoms. The molecule has 6 nitrogen and oxygen atoms in total. The van der Waals surface area contributed by atoms with Crippen LogP contribution in [0.4, 0.5) is 4.79 Å². The van der Waals surface area contributed by atoms with Crippen molar-refractivity contribution in [3.05, 3.63) is 46.6 Å². The normalized spacial score (nSPS) is 18.2. The number of amides is 1. The number of hydrogen-bond acceptors (Lipinski definition) is 5. The molecule has 1 fully saturated rings. The highest BCUT2D eigenvalue weighted by Gasteiger charge is 2.29. The van der Waals surface area contributed by atoms with Crippen molar-refractivity contribution >= 4 is 17.7 Å². The maximum absolute atomic E-state index is 10.9. The fraction of sp³-hybridized carbons (Fsp3) is 0.250. The number of cyclic esters (lactones) is 1. The Labute approximate surface area is 113 Å². The van der Waals surface area contributed by atoms with Crippen molar-refractivity contribution in [2.75, 3.05) is 6.54 Å². The number of nitrogens with one attached hydrogen (secondary N) is 1. The van der Waals surface area contributed by atoms with Gasteiger partial charge >= 0.3 is 6.09 Å². The number of alkyl carbamates (subject to hydrolysis) is 1. The predicted molar refractivity (Wildman–Crippen MR) is 65.8 cm³/mol. The molecule has 1 amide bonds. The molecule has 1 N–H and O–H groups in total. The molecule has 0 aliphatic carbocycles. The second kappa shape index (κ2) is 4.89. The minimum absolute atomic E-state index is 0.292. The van der Waals surface area contributed by atoms with Crippen LogP contribution < -0.4 is 5.32 Å². The molecule has 0 saturated carbocycles. The minimum atomic E-state index is -0.514. The fourth-order valence-electron chi connectivity index (χ4n) is 1.81. The summed E-state index contributed by atoms with van der Waals surface area (Å²) in [6.07, 6.45) is -0.520. The van der Waals surface area contributed by atoms with Crippen LogP contribution in [0.2, 0.25) is 5.02 Å². The Morgan fingerprint density at radius 1 is 1.42 bits per heavy atom. The molecular weight excluding hydrogens is 270 g/mol. The summed E-state index contributed by atoms with van der Waals surface area (Å²) in [6, 6.07) is 7.46. The first-order valence-electron chi connectivity index (χ1n) is 5.73. The number of halogens is 1. The molecule has 0 unspecified atom stereocenters. The molecule has 0 spiro atoms. The Hall–Kier alpha value is -2.08. The van der Waals surface area contributed by atoms with Gasteiger partial charge in [-0.25, -0.2) is 4.79 Å². The molecule has 3 rings (SSSR count). The molecule has 0 radical (unpaired) electrons. The molecular formula is C12H10ClN3O3. The number of nitrogens with zero attached hydrogens (tertiary/aromatic N) is 2. The van der Waals surface area contributed by atoms with E-state index in [0.717, 1.165) is 5.56 Å². The van der Waals surface area contributed by atoms with E-state index in [1.807, 2.05) is 18.2 Å². The van der Waals surface area contributed by atoms with Crippen molar-refractivity contribution in [3.63, 3.8) is 0 Å². The summed E-state index contributed by atoms with van der Waals surface area (Å²) in [4.78, 5) is 15.1. The molecule has 2 aromatic rings. The highest BCUT2D eigenvalue weighted by molar-refractivity contribution is 6.31. The summed E-state index contributed by atoms with van der Waals surface area (Å²) in [5.41, 5.74) is 0.915. The second-order valence-corrected chi connectivity index (χ2v) is 4.50. The first-order chi connectivity index (χ1) is 9.22. The van der Waals surface area contributed by atoms with Crippen molar-refractivity contribution in [2.45, 2.75) is 12.5 Å². The van der Waals surface area contributed by atoms with E-state index in [9.17, 15) is 4.79 Å². The number of carbonyl (C=O) groups excluding carboxylic acids is 1. The lowest BCUT2D eigenvalue weighted by Gasteiger charge is -2.00. The van der Waals surface area contributed by atoms with Gasteiger partial charge in [0.25, 0.3) is 5.89 Å². The van der Waals surface area contributed by atoms with E-state index in [0.29, 0.717) is 29.7 Å². The maximum atomic E-state index is 10.9. The predicted octanol–water partition coefficient (Wildman–Crippen LogP) is 2.09. The first-order valence-corrected chi connectivity index (χ1v) is 6.10. The van der Waals surface area contributed by atoms with E-state index in [4.69, 9.17) is 20.9 Å². The second-order valence-electron chi connectivity index (χ2n) is 4.09. The van der Waals surface area contributed by atoms with Crippen LogP contribution in [0, 0.1) is 0 Å². The Balaban J connectivity index is 1.75. The molecule has 1 aliphatic heterocycles. The van der Waals surface area contributed by atoms with Gasteiger partial charge in [0, 0.05) is 11.4 Å². The summed E-state index contributed by atoms with van der Waals surface area (Å²) >= 11 is 6.06. The van der Waals surface area contributed by atoms with Crippen LogP contribution in [0.15, 0.2) is 28.8 Å². The van der Waals surface area contributed by atoms with Crippen molar-refractivity contribution in [1.82, 2.24) is 15.5 Å². The largest absolute Gasteiger partial charge is 0.434 e. The standard InChI is InChI=1S/C12H10ClN3O3/c13-8-4-2-1-3-7(8)5-10-15-11(19-16-10)9-6-14-12(17)18-9/h1-4,9H,5-6H2,(H,14,17)/t9-/m0/s1. The van der Waals surface area contributed by atoms with Crippen molar-refractivity contribution in [2.24, 2.45) is 0 Å². The van der Waals surface area contributed by atoms with E-state index < -0.39 is 12.2 Å². The van der Waals surface area contributed by atoms with E-state index in [-0.39, 0.29) is 0 Å². The van der Waals surface area contributed by atoms with Gasteiger partial charge in [-0.2, -0.15) is 4.98 Å². The van der Waals surface area contributed by atoms with Gasteiger partial charge < -0.3 is 14.6 Å². The number of benzene rings is 1. The van der Waals surface area contributed by atoms with Gasteiger partial charge in [0.15, 0.2) is 11.9 Å². The highest BCUT2D eigenvalue weighted by Crippen LogP contribution is 2.21. The van der Waals surface area contributed by atoms with Crippen LogP contribution in [-0.2, 0) is 11.2 Å². The number of rotatable bonds is 3. The Morgan fingerprint density at radius 2 is 2.26 bits per heavy atom. The highest BCUT2D eigenvalue weighted by atomic mass is 35.5. The number of carbonyl (C=O) groups is 1. The lowest BCUT2D eigenvalue weighted by atomic mass is 10.1. The first kappa shape index (κ1) is 12.0.